The first kappa shape index (κ1) is 79.8. The van der Waals surface area contributed by atoms with Gasteiger partial charge in [0.2, 0.25) is 0 Å². The number of ether oxygens (including phenoxy) is 2. The second kappa shape index (κ2) is 68.0. The number of phosphoric ester groups is 1. The van der Waals surface area contributed by atoms with Gasteiger partial charge in [-0.15, -0.1) is 0 Å². The summed E-state index contributed by atoms with van der Waals surface area (Å²) in [4.78, 5) is 35.3. The third-order valence-electron chi connectivity index (χ3n) is 13.0. The maximum Gasteiger partial charge on any atom is 0.472 e. The van der Waals surface area contributed by atoms with Crippen molar-refractivity contribution < 1.29 is 37.6 Å². The van der Waals surface area contributed by atoms with Gasteiger partial charge in [0, 0.05) is 19.4 Å². The van der Waals surface area contributed by atoms with E-state index in [9.17, 15) is 19.0 Å². The van der Waals surface area contributed by atoms with Crippen LogP contribution in [0.15, 0.2) is 194 Å². The third kappa shape index (κ3) is 67.8. The molecule has 0 aromatic heterocycles. The normalized spacial score (nSPS) is 14.3. The van der Waals surface area contributed by atoms with E-state index in [0.717, 1.165) is 161 Å². The molecule has 0 amide bonds. The predicted molar refractivity (Wildman–Crippen MR) is 366 cm³/mol. The van der Waals surface area contributed by atoms with Crippen molar-refractivity contribution in [3.05, 3.63) is 194 Å². The molecule has 0 rings (SSSR count). The fourth-order valence-corrected chi connectivity index (χ4v) is 8.96. The molecule has 0 heterocycles. The summed E-state index contributed by atoms with van der Waals surface area (Å²) in [6, 6.07) is 0. The number of esters is 2. The number of unbranched alkanes of at least 4 members (excludes halogenated alkanes) is 14. The van der Waals surface area contributed by atoms with Crippen molar-refractivity contribution in [2.45, 2.75) is 238 Å². The van der Waals surface area contributed by atoms with Crippen LogP contribution in [0.1, 0.15) is 232 Å². The Morgan fingerprint density at radius 3 is 0.906 bits per heavy atom. The zero-order valence-electron chi connectivity index (χ0n) is 53.3. The lowest BCUT2D eigenvalue weighted by Gasteiger charge is -2.19. The lowest BCUT2D eigenvalue weighted by Crippen LogP contribution is -2.29. The fourth-order valence-electron chi connectivity index (χ4n) is 8.20. The lowest BCUT2D eigenvalue weighted by atomic mass is 10.1. The zero-order chi connectivity index (χ0) is 61.6. The van der Waals surface area contributed by atoms with Crippen molar-refractivity contribution in [3.8, 4) is 0 Å². The maximum absolute atomic E-state index is 12.7. The van der Waals surface area contributed by atoms with Crippen LogP contribution in [0, 0.1) is 0 Å². The first-order valence-electron chi connectivity index (χ1n) is 32.9. The number of hydrogen-bond donors (Lipinski definition) is 2. The summed E-state index contributed by atoms with van der Waals surface area (Å²) in [5, 5.41) is 0. The first-order valence-corrected chi connectivity index (χ1v) is 34.4. The van der Waals surface area contributed by atoms with Gasteiger partial charge in [0.05, 0.1) is 13.2 Å². The third-order valence-corrected chi connectivity index (χ3v) is 14.0. The molecule has 0 radical (unpaired) electrons. The molecule has 0 aliphatic rings. The smallest absolute Gasteiger partial charge is 0.462 e. The van der Waals surface area contributed by atoms with Gasteiger partial charge in [0.25, 0.3) is 0 Å². The van der Waals surface area contributed by atoms with Crippen LogP contribution in [-0.2, 0) is 32.7 Å². The van der Waals surface area contributed by atoms with Gasteiger partial charge in [-0.1, -0.05) is 272 Å². The van der Waals surface area contributed by atoms with E-state index in [0.29, 0.717) is 12.8 Å². The molecule has 0 bridgehead atoms. The first-order chi connectivity index (χ1) is 41.8. The van der Waals surface area contributed by atoms with Crippen molar-refractivity contribution >= 4 is 19.8 Å². The van der Waals surface area contributed by atoms with Crippen LogP contribution >= 0.6 is 7.82 Å². The standard InChI is InChI=1S/C75H118NO8P/c1-3-5-7-9-11-13-15-17-19-21-23-25-27-29-31-33-35-36-38-40-42-44-46-48-50-52-54-56-58-60-62-64-66-68-75(78)84-73(72-83-85(79,80)82-70-69-76)71-81-74(77)67-65-63-61-59-57-55-53-51-49-47-45-43-41-39-37-34-32-30-28-26-24-22-20-18-16-14-12-10-8-6-4-2/h5-8,11-14,17-20,23-26,29-32,35-37,39-40,42-43,45-46,48,52,54,73H,3-4,9-10,15-16,21-22,27-28,33-34,38,41,44,47,49-51,53,55-72,76H2,1-2H3,(H,79,80)/b7-5-,8-6-,13-11-,14-12-,19-17-,20-18-,25-23-,26-24-,31-29-,32-30-,36-35-,39-37-,42-40-,45-43-,48-46-,54-52-. The summed E-state index contributed by atoms with van der Waals surface area (Å²) < 4.78 is 33.1. The Labute approximate surface area is 519 Å². The highest BCUT2D eigenvalue weighted by Crippen LogP contribution is 2.43. The topological polar surface area (TPSA) is 134 Å². The van der Waals surface area contributed by atoms with Crippen molar-refractivity contribution in [2.75, 3.05) is 26.4 Å². The summed E-state index contributed by atoms with van der Waals surface area (Å²) in [7, 11) is -4.42. The van der Waals surface area contributed by atoms with E-state index >= 15 is 0 Å². The second-order valence-electron chi connectivity index (χ2n) is 20.9. The Morgan fingerprint density at radius 1 is 0.353 bits per heavy atom. The van der Waals surface area contributed by atoms with Crippen LogP contribution in [0.3, 0.4) is 0 Å². The van der Waals surface area contributed by atoms with Crippen molar-refractivity contribution in [1.29, 1.82) is 0 Å². The van der Waals surface area contributed by atoms with E-state index in [1.54, 1.807) is 0 Å². The van der Waals surface area contributed by atoms with Crippen molar-refractivity contribution in [1.82, 2.24) is 0 Å². The quantitative estimate of drug-likeness (QED) is 0.0264. The number of carbonyl (C=O) groups excluding carboxylic acids is 2. The van der Waals surface area contributed by atoms with Gasteiger partial charge >= 0.3 is 19.8 Å². The highest BCUT2D eigenvalue weighted by Gasteiger charge is 2.26. The minimum atomic E-state index is -4.42. The molecule has 2 unspecified atom stereocenters. The van der Waals surface area contributed by atoms with E-state index in [-0.39, 0.29) is 32.6 Å². The Bertz CT molecular complexity index is 2090. The largest absolute Gasteiger partial charge is 0.472 e. The van der Waals surface area contributed by atoms with Crippen LogP contribution in [0.4, 0.5) is 0 Å². The molecule has 0 spiro atoms. The molecule has 0 aliphatic carbocycles. The number of allylic oxidation sites excluding steroid dienone is 32. The molecule has 476 valence electrons. The SMILES string of the molecule is CC/C=C\C/C=C\C/C=C\C/C=C\C/C=C\C/C=C\C/C=C\C/C=C\C/C=C\CCCCCCCC(=O)OC(COC(=O)CCCCCCCCCCC/C=C\C/C=C\C/C=C\C/C=C\C/C=C\C/C=C\C/C=C\CC)COP(=O)(O)OCCN. The zero-order valence-corrected chi connectivity index (χ0v) is 54.1. The van der Waals surface area contributed by atoms with Gasteiger partial charge in [0.15, 0.2) is 6.10 Å². The fraction of sp³-hybridized carbons (Fsp3) is 0.547. The predicted octanol–water partition coefficient (Wildman–Crippen LogP) is 21.7. The van der Waals surface area contributed by atoms with Gasteiger partial charge in [-0.3, -0.25) is 18.6 Å². The van der Waals surface area contributed by atoms with Crippen LogP contribution in [-0.4, -0.2) is 49.3 Å². The molecule has 2 atom stereocenters. The summed E-state index contributed by atoms with van der Waals surface area (Å²) in [6.45, 7) is 3.46. The molecule has 0 fully saturated rings. The van der Waals surface area contributed by atoms with E-state index in [1.165, 1.54) is 32.1 Å². The summed E-state index contributed by atoms with van der Waals surface area (Å²) in [6.07, 6.45) is 103. The molecule has 0 aliphatic heterocycles. The molecular weight excluding hydrogens is 1070 g/mol. The van der Waals surface area contributed by atoms with E-state index in [4.69, 9.17) is 24.3 Å². The number of carbonyl (C=O) groups is 2. The van der Waals surface area contributed by atoms with Gasteiger partial charge in [0.1, 0.15) is 6.61 Å². The van der Waals surface area contributed by atoms with Gasteiger partial charge in [-0.25, -0.2) is 4.57 Å². The highest BCUT2D eigenvalue weighted by molar-refractivity contribution is 7.47. The summed E-state index contributed by atoms with van der Waals surface area (Å²) in [5.41, 5.74) is 5.39. The second-order valence-corrected chi connectivity index (χ2v) is 22.3. The number of rotatable bonds is 59. The van der Waals surface area contributed by atoms with Crippen LogP contribution in [0.25, 0.3) is 0 Å². The van der Waals surface area contributed by atoms with E-state index in [1.807, 2.05) is 0 Å². The minimum Gasteiger partial charge on any atom is -0.462 e. The monoisotopic (exact) mass is 1190 g/mol. The molecule has 85 heavy (non-hydrogen) atoms. The lowest BCUT2D eigenvalue weighted by molar-refractivity contribution is -0.161. The maximum atomic E-state index is 12.7. The Morgan fingerprint density at radius 2 is 0.612 bits per heavy atom. The van der Waals surface area contributed by atoms with Crippen LogP contribution in [0.5, 0.6) is 0 Å². The van der Waals surface area contributed by atoms with E-state index < -0.39 is 32.5 Å². The van der Waals surface area contributed by atoms with Crippen molar-refractivity contribution in [2.24, 2.45) is 5.73 Å². The highest BCUT2D eigenvalue weighted by atomic mass is 31.2. The molecule has 10 heteroatoms. The molecule has 0 saturated carbocycles. The Kier molecular flexibility index (Phi) is 63.9. The molecule has 0 aromatic rings. The average molecular weight is 1190 g/mol. The van der Waals surface area contributed by atoms with Crippen molar-refractivity contribution in [3.63, 3.8) is 0 Å². The number of phosphoric acid groups is 1. The van der Waals surface area contributed by atoms with Gasteiger partial charge in [-0.05, 0) is 141 Å². The summed E-state index contributed by atoms with van der Waals surface area (Å²) in [5.74, 6) is -0.872. The van der Waals surface area contributed by atoms with Gasteiger partial charge in [-0.2, -0.15) is 0 Å². The molecule has 9 nitrogen and oxygen atoms in total. The van der Waals surface area contributed by atoms with Crippen LogP contribution < -0.4 is 5.73 Å². The minimum absolute atomic E-state index is 0.0380. The number of hydrogen-bond acceptors (Lipinski definition) is 8. The van der Waals surface area contributed by atoms with Gasteiger partial charge < -0.3 is 20.1 Å². The number of nitrogens with two attached hydrogens (primary N) is 1. The molecular formula is C75H118NO8P. The Hall–Kier alpha value is -5.15. The molecule has 0 saturated heterocycles. The summed E-state index contributed by atoms with van der Waals surface area (Å²) >= 11 is 0. The van der Waals surface area contributed by atoms with E-state index in [2.05, 4.69) is 208 Å². The molecule has 3 N–H and O–H groups in total. The molecule has 0 aromatic carbocycles. The Balaban J connectivity index is 4.07. The van der Waals surface area contributed by atoms with Crippen LogP contribution in [0.2, 0.25) is 0 Å². The average Bonchev–Trinajstić information content (AvgIpc) is 3.52.